The Morgan fingerprint density at radius 1 is 0.746 bits per heavy atom. The van der Waals surface area contributed by atoms with Crippen LogP contribution in [-0.4, -0.2) is 147 Å². The van der Waals surface area contributed by atoms with Crippen LogP contribution in [0.5, 0.6) is 0 Å². The molecule has 0 amide bonds. The van der Waals surface area contributed by atoms with Gasteiger partial charge in [0.05, 0.1) is 32.5 Å². The van der Waals surface area contributed by atoms with E-state index in [1.807, 2.05) is 0 Å². The zero-order chi connectivity index (χ0) is 45.3. The molecule has 2 unspecified atom stereocenters. The number of aliphatic hydroxyl groups is 4. The molecule has 0 saturated carbocycles. The fourth-order valence-corrected chi connectivity index (χ4v) is 9.16. The normalized spacial score (nSPS) is 30.6. The average molecular weight is 933 g/mol. The molecule has 0 radical (unpaired) electrons. The van der Waals surface area contributed by atoms with Crippen molar-refractivity contribution in [3.05, 3.63) is 66.0 Å². The van der Waals surface area contributed by atoms with Crippen molar-refractivity contribution < 1.29 is 71.6 Å². The number of nitrogens with one attached hydrogen (secondary N) is 3. The highest BCUT2D eigenvalue weighted by Crippen LogP contribution is 2.52. The SMILES string of the molecule is Cc1cn([C@H]2C[C@H](OP(=O)(O)OC[C@H]3O[C@@H](n4cnc5c(=O)[nH]c(N)nc54)[C@H](O)[C@@H]3OP(=O)(O)OC[C@H]3O[C@@H](n4cnc5c(=O)[nH]c(N)nc54)[C@H](O)[C@@H]3O)[C@@H](CO)O2)c(=O)[nH]c1=O. The molecule has 342 valence electrons. The van der Waals surface area contributed by atoms with E-state index in [1.54, 1.807) is 0 Å². The number of nitrogens with two attached hydrogens (primary N) is 2. The van der Waals surface area contributed by atoms with Gasteiger partial charge in [0.2, 0.25) is 11.9 Å². The number of imidazole rings is 2. The Bertz CT molecular complexity index is 2880. The molecule has 63 heavy (non-hydrogen) atoms. The summed E-state index contributed by atoms with van der Waals surface area (Å²) in [7, 11) is -10.6. The number of aromatic nitrogens is 10. The molecule has 5 aromatic heterocycles. The van der Waals surface area contributed by atoms with Gasteiger partial charge >= 0.3 is 21.3 Å². The van der Waals surface area contributed by atoms with Gasteiger partial charge in [0, 0.05) is 18.2 Å². The number of fused-ring (bicyclic) bond motifs is 2. The number of rotatable bonds is 14. The van der Waals surface area contributed by atoms with Crippen molar-refractivity contribution >= 4 is 49.9 Å². The molecule has 3 fully saturated rings. The van der Waals surface area contributed by atoms with Gasteiger partial charge in [-0.2, -0.15) is 9.97 Å². The second kappa shape index (κ2) is 16.8. The lowest BCUT2D eigenvalue weighted by Gasteiger charge is -2.25. The summed E-state index contributed by atoms with van der Waals surface area (Å²) < 4.78 is 68.1. The predicted molar refractivity (Wildman–Crippen MR) is 204 cm³/mol. The lowest BCUT2D eigenvalue weighted by Crippen LogP contribution is -2.37. The van der Waals surface area contributed by atoms with E-state index >= 15 is 0 Å². The first-order chi connectivity index (χ1) is 29.7. The van der Waals surface area contributed by atoms with Crippen LogP contribution in [0.15, 0.2) is 38.0 Å². The summed E-state index contributed by atoms with van der Waals surface area (Å²) in [6.07, 6.45) is -14.8. The molecule has 3 aliphatic rings. The molecule has 0 aromatic carbocycles. The number of phosphoric ester groups is 2. The van der Waals surface area contributed by atoms with Gasteiger partial charge in [-0.15, -0.1) is 0 Å². The zero-order valence-corrected chi connectivity index (χ0v) is 33.9. The Morgan fingerprint density at radius 3 is 1.87 bits per heavy atom. The molecule has 31 nitrogen and oxygen atoms in total. The zero-order valence-electron chi connectivity index (χ0n) is 32.1. The monoisotopic (exact) mass is 932 g/mol. The molecule has 0 bridgehead atoms. The maximum absolute atomic E-state index is 13.5. The molecule has 3 aliphatic heterocycles. The summed E-state index contributed by atoms with van der Waals surface area (Å²) in [5, 5.41) is 43.0. The van der Waals surface area contributed by atoms with Crippen LogP contribution in [-0.2, 0) is 41.4 Å². The highest BCUT2D eigenvalue weighted by Gasteiger charge is 2.52. The molecule has 3 saturated heterocycles. The van der Waals surface area contributed by atoms with Gasteiger partial charge in [-0.25, -0.2) is 23.9 Å². The topological polar surface area (TPSA) is 454 Å². The van der Waals surface area contributed by atoms with E-state index < -0.39 is 125 Å². The summed E-state index contributed by atoms with van der Waals surface area (Å²) in [4.78, 5) is 93.2. The lowest BCUT2D eigenvalue weighted by molar-refractivity contribution is -0.0621. The molecule has 13 N–H and O–H groups in total. The van der Waals surface area contributed by atoms with Crippen molar-refractivity contribution in [3.8, 4) is 0 Å². The van der Waals surface area contributed by atoms with Crippen LogP contribution < -0.4 is 33.8 Å². The Morgan fingerprint density at radius 2 is 1.29 bits per heavy atom. The molecule has 0 spiro atoms. The van der Waals surface area contributed by atoms with Gasteiger partial charge in [-0.05, 0) is 6.92 Å². The number of H-pyrrole nitrogens is 3. The number of hydrogen-bond acceptors (Lipinski definition) is 23. The Kier molecular flexibility index (Phi) is 11.9. The smallest absolute Gasteiger partial charge is 0.394 e. The van der Waals surface area contributed by atoms with Crippen LogP contribution in [0.1, 0.15) is 30.7 Å². The Labute approximate surface area is 348 Å². The quantitative estimate of drug-likeness (QED) is 0.0467. The molecular weight excluding hydrogens is 894 g/mol. The van der Waals surface area contributed by atoms with Crippen molar-refractivity contribution in [1.82, 2.24) is 48.6 Å². The minimum absolute atomic E-state index is 0.124. The van der Waals surface area contributed by atoms with Gasteiger partial charge in [0.25, 0.3) is 16.7 Å². The largest absolute Gasteiger partial charge is 0.472 e. The fraction of sp³-hybridized carbons (Fsp3) is 0.533. The number of anilines is 2. The second-order valence-corrected chi connectivity index (χ2v) is 17.2. The minimum atomic E-state index is -5.40. The number of nitrogen functional groups attached to an aromatic ring is 2. The number of phosphoric acid groups is 2. The highest BCUT2D eigenvalue weighted by molar-refractivity contribution is 7.47. The van der Waals surface area contributed by atoms with Crippen molar-refractivity contribution in [2.75, 3.05) is 31.3 Å². The molecule has 8 rings (SSSR count). The maximum Gasteiger partial charge on any atom is 0.472 e. The summed E-state index contributed by atoms with van der Waals surface area (Å²) in [5.74, 6) is -0.653. The minimum Gasteiger partial charge on any atom is -0.394 e. The third-order valence-electron chi connectivity index (χ3n) is 10.2. The van der Waals surface area contributed by atoms with Crippen LogP contribution in [0.25, 0.3) is 22.3 Å². The van der Waals surface area contributed by atoms with Crippen LogP contribution in [0.4, 0.5) is 11.9 Å². The second-order valence-electron chi connectivity index (χ2n) is 14.4. The van der Waals surface area contributed by atoms with E-state index in [4.69, 9.17) is 43.8 Å². The van der Waals surface area contributed by atoms with E-state index in [2.05, 4.69) is 34.9 Å². The maximum atomic E-state index is 13.5. The van der Waals surface area contributed by atoms with Gasteiger partial charge in [-0.3, -0.25) is 61.1 Å². The molecular formula is C30H38N12O19P2. The number of hydrogen-bond donors (Lipinski definition) is 11. The van der Waals surface area contributed by atoms with Gasteiger partial charge in [0.15, 0.2) is 34.8 Å². The van der Waals surface area contributed by atoms with Crippen molar-refractivity contribution in [1.29, 1.82) is 0 Å². The highest BCUT2D eigenvalue weighted by atomic mass is 31.2. The summed E-state index contributed by atoms with van der Waals surface area (Å²) in [6.45, 7) is -1.31. The predicted octanol–water partition coefficient (Wildman–Crippen LogP) is -4.56. The number of aryl methyl sites for hydroxylation is 1. The molecule has 0 aliphatic carbocycles. The van der Waals surface area contributed by atoms with E-state index in [0.29, 0.717) is 0 Å². The van der Waals surface area contributed by atoms with Crippen molar-refractivity contribution in [3.63, 3.8) is 0 Å². The third kappa shape index (κ3) is 8.65. The number of aromatic amines is 3. The van der Waals surface area contributed by atoms with Gasteiger partial charge in [0.1, 0.15) is 55.1 Å². The van der Waals surface area contributed by atoms with Crippen LogP contribution >= 0.6 is 15.6 Å². The first-order valence-electron chi connectivity index (χ1n) is 18.4. The third-order valence-corrected chi connectivity index (χ3v) is 12.2. The van der Waals surface area contributed by atoms with Crippen molar-refractivity contribution in [2.24, 2.45) is 0 Å². The van der Waals surface area contributed by atoms with E-state index in [-0.39, 0.29) is 46.2 Å². The molecule has 13 atom stereocenters. The number of nitrogens with zero attached hydrogens (tertiary/aromatic N) is 7. The first-order valence-corrected chi connectivity index (χ1v) is 21.4. The number of ether oxygens (including phenoxy) is 3. The van der Waals surface area contributed by atoms with Crippen molar-refractivity contribution in [2.45, 2.75) is 80.9 Å². The van der Waals surface area contributed by atoms with Crippen LogP contribution in [0.2, 0.25) is 0 Å². The summed E-state index contributed by atoms with van der Waals surface area (Å²) in [6, 6.07) is 0. The lowest BCUT2D eigenvalue weighted by atomic mass is 10.1. The molecule has 5 aromatic rings. The summed E-state index contributed by atoms with van der Waals surface area (Å²) >= 11 is 0. The van der Waals surface area contributed by atoms with Gasteiger partial charge in [-0.1, -0.05) is 0 Å². The van der Waals surface area contributed by atoms with E-state index in [0.717, 1.165) is 26.4 Å². The van der Waals surface area contributed by atoms with Gasteiger partial charge < -0.3 is 55.9 Å². The van der Waals surface area contributed by atoms with Crippen LogP contribution in [0.3, 0.4) is 0 Å². The van der Waals surface area contributed by atoms with Crippen LogP contribution in [0, 0.1) is 6.92 Å². The Balaban J connectivity index is 0.988. The summed E-state index contributed by atoms with van der Waals surface area (Å²) in [5.41, 5.74) is 7.68. The first kappa shape index (κ1) is 44.5. The van der Waals surface area contributed by atoms with E-state index in [1.165, 1.54) is 13.1 Å². The Hall–Kier alpha value is -5.08. The number of aliphatic hydroxyl groups excluding tert-OH is 4. The average Bonchev–Trinajstić information content (AvgIpc) is 4.03. The molecule has 33 heteroatoms. The standard InChI is InChI=1S/C30H38N12O19P2/c1-9-3-40(30(50)39-23(9)47)14-2-10(11(4-43)57-14)60-62(51,52)56-6-13-20(19(46)27(59-13)42-8-34-16-22(42)36-29(32)38-25(16)49)61-63(53,54)55-5-12-17(44)18(45)26(58-12)41-7-33-15-21(41)35-28(31)37-24(15)48/h3,7-8,10-14,17-20,26-27,43-46H,2,4-6H2,1H3,(H,51,52)(H,53,54)(H,39,47,50)(H3,31,35,37,48)(H3,32,36,38,49)/t10-,11+,12+,13+,14+,17+,18+,19+,20+,26+,27+/m0/s1. The molecule has 8 heterocycles. The fourth-order valence-electron chi connectivity index (χ4n) is 7.24. The van der Waals surface area contributed by atoms with E-state index in [9.17, 15) is 58.5 Å².